The first-order valence-corrected chi connectivity index (χ1v) is 11.0. The van der Waals surface area contributed by atoms with E-state index in [0.29, 0.717) is 12.6 Å². The molecule has 2 N–H and O–H groups in total. The lowest BCUT2D eigenvalue weighted by atomic mass is 10.0. The third-order valence-electron chi connectivity index (χ3n) is 6.37. The topological polar surface area (TPSA) is 82.0 Å². The fourth-order valence-electron chi connectivity index (χ4n) is 4.77. The molecule has 0 radical (unpaired) electrons. The molecule has 31 heavy (non-hydrogen) atoms. The maximum atomic E-state index is 10.3. The number of benzene rings is 2. The number of anilines is 2. The van der Waals surface area contributed by atoms with E-state index in [4.69, 9.17) is 14.7 Å². The summed E-state index contributed by atoms with van der Waals surface area (Å²) in [6.07, 6.45) is 3.11. The van der Waals surface area contributed by atoms with Crippen LogP contribution in [0.3, 0.4) is 0 Å². The highest BCUT2D eigenvalue weighted by Gasteiger charge is 2.27. The second-order valence-electron chi connectivity index (χ2n) is 8.39. The summed E-state index contributed by atoms with van der Waals surface area (Å²) in [5.74, 6) is 1.21. The van der Waals surface area contributed by atoms with Crippen molar-refractivity contribution >= 4 is 22.3 Å². The van der Waals surface area contributed by atoms with Gasteiger partial charge in [0.25, 0.3) is 0 Å². The lowest BCUT2D eigenvalue weighted by molar-refractivity contribution is 0.161. The van der Waals surface area contributed by atoms with Crippen molar-refractivity contribution in [3.05, 3.63) is 47.7 Å². The molecule has 1 unspecified atom stereocenters. The summed E-state index contributed by atoms with van der Waals surface area (Å²) in [4.78, 5) is 13.9. The number of aromatic nitrogens is 2. The van der Waals surface area contributed by atoms with Crippen LogP contribution in [0.4, 0.5) is 11.5 Å². The van der Waals surface area contributed by atoms with Gasteiger partial charge in [0, 0.05) is 42.3 Å². The molecule has 2 aliphatic rings. The number of hydrogen-bond donors (Lipinski definition) is 2. The smallest absolute Gasteiger partial charge is 0.318 e. The number of phenolic OH excluding ortho intramolecular Hbond substituents is 1. The molecule has 0 bridgehead atoms. The monoisotopic (exact) mass is 420 g/mol. The summed E-state index contributed by atoms with van der Waals surface area (Å²) < 4.78 is 5.44. The van der Waals surface area contributed by atoms with Crippen molar-refractivity contribution in [1.29, 1.82) is 0 Å². The van der Waals surface area contributed by atoms with Crippen LogP contribution in [0.15, 0.2) is 36.4 Å². The minimum absolute atomic E-state index is 0.237. The predicted octanol–water partition coefficient (Wildman–Crippen LogP) is 3.26. The van der Waals surface area contributed by atoms with Gasteiger partial charge in [-0.15, -0.1) is 0 Å². The lowest BCUT2D eigenvalue weighted by Crippen LogP contribution is -2.34. The summed E-state index contributed by atoms with van der Waals surface area (Å²) in [5.41, 5.74) is 3.14. The van der Waals surface area contributed by atoms with Gasteiger partial charge in [0.05, 0.1) is 25.5 Å². The number of fused-ring (bicyclic) bond motifs is 2. The molecule has 1 aromatic heterocycles. The van der Waals surface area contributed by atoms with Crippen molar-refractivity contribution in [2.45, 2.75) is 38.3 Å². The van der Waals surface area contributed by atoms with E-state index in [1.54, 1.807) is 13.2 Å². The highest BCUT2D eigenvalue weighted by molar-refractivity contribution is 5.95. The standard InChI is InChI=1S/C24H28N4O3/c1-31-24-25-21-15-28(22-14-18(30)13-16-5-2-3-7-19(16)22)12-9-20(21)23(26-24)27-10-4-6-17(29)8-11-27/h2-3,5,7,13-14,17,29-30H,4,6,8-12,15H2,1H3. The Morgan fingerprint density at radius 1 is 1.03 bits per heavy atom. The number of aliphatic hydroxyl groups excluding tert-OH is 1. The first kappa shape index (κ1) is 19.9. The van der Waals surface area contributed by atoms with Crippen LogP contribution in [0.25, 0.3) is 10.8 Å². The minimum atomic E-state index is -0.237. The maximum absolute atomic E-state index is 10.3. The van der Waals surface area contributed by atoms with Crippen molar-refractivity contribution in [3.8, 4) is 11.8 Å². The summed E-state index contributed by atoms with van der Waals surface area (Å²) in [5, 5.41) is 22.5. The Hall–Kier alpha value is -3.06. The van der Waals surface area contributed by atoms with Crippen LogP contribution in [0.5, 0.6) is 11.8 Å². The molecule has 5 rings (SSSR count). The van der Waals surface area contributed by atoms with Gasteiger partial charge in [-0.2, -0.15) is 9.97 Å². The van der Waals surface area contributed by atoms with Crippen LogP contribution in [-0.2, 0) is 13.0 Å². The lowest BCUT2D eigenvalue weighted by Gasteiger charge is -2.34. The van der Waals surface area contributed by atoms with Crippen LogP contribution in [0, 0.1) is 0 Å². The zero-order chi connectivity index (χ0) is 21.4. The molecule has 162 valence electrons. The van der Waals surface area contributed by atoms with Crippen molar-refractivity contribution in [2.24, 2.45) is 0 Å². The second-order valence-corrected chi connectivity index (χ2v) is 8.39. The number of phenols is 1. The molecule has 0 amide bonds. The Bertz CT molecular complexity index is 1100. The normalized spacial score (nSPS) is 19.2. The Balaban J connectivity index is 1.52. The van der Waals surface area contributed by atoms with Gasteiger partial charge in [-0.25, -0.2) is 0 Å². The highest BCUT2D eigenvalue weighted by Crippen LogP contribution is 2.36. The van der Waals surface area contributed by atoms with E-state index in [9.17, 15) is 10.2 Å². The number of hydrogen-bond acceptors (Lipinski definition) is 7. The van der Waals surface area contributed by atoms with Crippen LogP contribution in [0.2, 0.25) is 0 Å². The number of rotatable bonds is 3. The van der Waals surface area contributed by atoms with E-state index in [0.717, 1.165) is 78.9 Å². The molecule has 3 heterocycles. The van der Waals surface area contributed by atoms with Gasteiger partial charge in [-0.3, -0.25) is 0 Å². The molecule has 7 nitrogen and oxygen atoms in total. The summed E-state index contributed by atoms with van der Waals surface area (Å²) in [7, 11) is 1.60. The van der Waals surface area contributed by atoms with Gasteiger partial charge >= 0.3 is 6.01 Å². The number of aliphatic hydroxyl groups is 1. The number of nitrogens with zero attached hydrogens (tertiary/aromatic N) is 4. The van der Waals surface area contributed by atoms with Gasteiger partial charge in [0.15, 0.2) is 0 Å². The summed E-state index contributed by atoms with van der Waals surface area (Å²) >= 11 is 0. The molecule has 2 aromatic carbocycles. The first-order valence-electron chi connectivity index (χ1n) is 11.0. The Morgan fingerprint density at radius 2 is 1.90 bits per heavy atom. The van der Waals surface area contributed by atoms with Crippen LogP contribution >= 0.6 is 0 Å². The van der Waals surface area contributed by atoms with Gasteiger partial charge in [0.2, 0.25) is 0 Å². The number of methoxy groups -OCH3 is 1. The molecule has 1 saturated heterocycles. The quantitative estimate of drug-likeness (QED) is 0.673. The second kappa shape index (κ2) is 8.23. The number of ether oxygens (including phenoxy) is 1. The summed E-state index contributed by atoms with van der Waals surface area (Å²) in [6.45, 7) is 3.12. The van der Waals surface area contributed by atoms with Crippen molar-refractivity contribution in [1.82, 2.24) is 9.97 Å². The fraction of sp³-hybridized carbons (Fsp3) is 0.417. The van der Waals surface area contributed by atoms with Gasteiger partial charge < -0.3 is 24.7 Å². The Kier molecular flexibility index (Phi) is 5.28. The number of aromatic hydroxyl groups is 1. The molecule has 1 atom stereocenters. The van der Waals surface area contributed by atoms with E-state index >= 15 is 0 Å². The van der Waals surface area contributed by atoms with Crippen LogP contribution in [0.1, 0.15) is 30.5 Å². The molecular formula is C24H28N4O3. The van der Waals surface area contributed by atoms with E-state index in [1.807, 2.05) is 24.3 Å². The average Bonchev–Trinajstić information content (AvgIpc) is 3.01. The van der Waals surface area contributed by atoms with E-state index in [-0.39, 0.29) is 11.9 Å². The van der Waals surface area contributed by atoms with Crippen molar-refractivity contribution in [2.75, 3.05) is 36.5 Å². The zero-order valence-corrected chi connectivity index (χ0v) is 17.8. The molecule has 2 aliphatic heterocycles. The van der Waals surface area contributed by atoms with Crippen molar-refractivity contribution in [3.63, 3.8) is 0 Å². The predicted molar refractivity (Wildman–Crippen MR) is 121 cm³/mol. The largest absolute Gasteiger partial charge is 0.508 e. The average molecular weight is 421 g/mol. The molecule has 0 saturated carbocycles. The molecule has 0 spiro atoms. The molecule has 3 aromatic rings. The highest BCUT2D eigenvalue weighted by atomic mass is 16.5. The van der Waals surface area contributed by atoms with E-state index in [1.165, 1.54) is 0 Å². The third kappa shape index (κ3) is 3.85. The van der Waals surface area contributed by atoms with E-state index in [2.05, 4.69) is 15.9 Å². The Morgan fingerprint density at radius 3 is 2.77 bits per heavy atom. The van der Waals surface area contributed by atoms with Gasteiger partial charge in [-0.05, 0) is 37.1 Å². The van der Waals surface area contributed by atoms with Crippen LogP contribution < -0.4 is 14.5 Å². The fourth-order valence-corrected chi connectivity index (χ4v) is 4.77. The van der Waals surface area contributed by atoms with Gasteiger partial charge in [-0.1, -0.05) is 24.3 Å². The molecular weight excluding hydrogens is 392 g/mol. The third-order valence-corrected chi connectivity index (χ3v) is 6.37. The summed E-state index contributed by atoms with van der Waals surface area (Å²) in [6, 6.07) is 12.1. The van der Waals surface area contributed by atoms with E-state index < -0.39 is 0 Å². The molecule has 7 heteroatoms. The first-order chi connectivity index (χ1) is 15.1. The van der Waals surface area contributed by atoms with Crippen LogP contribution in [-0.4, -0.2) is 53.0 Å². The minimum Gasteiger partial charge on any atom is -0.508 e. The maximum Gasteiger partial charge on any atom is 0.318 e. The molecule has 0 aliphatic carbocycles. The SMILES string of the molecule is COc1nc2c(c(N3CCCC(O)CC3)n1)CCN(c1cc(O)cc3ccccc13)C2. The zero-order valence-electron chi connectivity index (χ0n) is 17.8. The van der Waals surface area contributed by atoms with Gasteiger partial charge in [0.1, 0.15) is 11.6 Å². The molecule has 1 fully saturated rings. The Labute approximate surface area is 181 Å². The van der Waals surface area contributed by atoms with Crippen molar-refractivity contribution < 1.29 is 14.9 Å².